The van der Waals surface area contributed by atoms with Crippen LogP contribution in [0.25, 0.3) is 0 Å². The zero-order valence-corrected chi connectivity index (χ0v) is 14.9. The highest BCUT2D eigenvalue weighted by Gasteiger charge is 2.40. The number of sulfonamides is 1. The smallest absolute Gasteiger partial charge is 0.245 e. The molecule has 0 N–H and O–H groups in total. The Morgan fingerprint density at radius 2 is 2.00 bits per heavy atom. The minimum Gasteiger partial charge on any atom is -0.338 e. The maximum absolute atomic E-state index is 13.0. The number of rotatable bonds is 3. The second kappa shape index (κ2) is 6.05. The third-order valence-corrected chi connectivity index (χ3v) is 6.61. The van der Waals surface area contributed by atoms with Crippen molar-refractivity contribution in [1.29, 1.82) is 0 Å². The molecule has 0 saturated carbocycles. The van der Waals surface area contributed by atoms with Crippen molar-refractivity contribution in [2.24, 2.45) is 0 Å². The van der Waals surface area contributed by atoms with Crippen LogP contribution in [0.3, 0.4) is 0 Å². The molecule has 0 aliphatic carbocycles. The summed E-state index contributed by atoms with van der Waals surface area (Å²) in [5.41, 5.74) is 0.652. The van der Waals surface area contributed by atoms with Crippen molar-refractivity contribution < 1.29 is 12.9 Å². The minimum atomic E-state index is -3.78. The summed E-state index contributed by atoms with van der Waals surface area (Å²) in [7, 11) is -3.78. The van der Waals surface area contributed by atoms with E-state index in [1.165, 1.54) is 16.4 Å². The molecule has 1 fully saturated rings. The summed E-state index contributed by atoms with van der Waals surface area (Å²) in [4.78, 5) is 4.21. The Bertz CT molecular complexity index is 851. The molecule has 1 aromatic carbocycles. The lowest BCUT2D eigenvalue weighted by Gasteiger charge is -2.22. The zero-order chi connectivity index (χ0) is 16.8. The standard InChI is InChI=1S/C14H15Cl2N3O3S/c1-8-6-13(11(16)7-10(8)15)23(20,21)19-5-3-4-12(19)14-17-9(2)18-22-14/h6-7,12H,3-5H2,1-2H3. The van der Waals surface area contributed by atoms with Gasteiger partial charge in [0, 0.05) is 11.6 Å². The highest BCUT2D eigenvalue weighted by atomic mass is 35.5. The summed E-state index contributed by atoms with van der Waals surface area (Å²) < 4.78 is 32.6. The van der Waals surface area contributed by atoms with Crippen molar-refractivity contribution in [1.82, 2.24) is 14.4 Å². The van der Waals surface area contributed by atoms with E-state index in [9.17, 15) is 8.42 Å². The zero-order valence-electron chi connectivity index (χ0n) is 12.6. The molecule has 124 valence electrons. The quantitative estimate of drug-likeness (QED) is 0.819. The summed E-state index contributed by atoms with van der Waals surface area (Å²) in [6, 6.07) is 2.48. The predicted molar refractivity (Wildman–Crippen MR) is 86.1 cm³/mol. The number of hydrogen-bond acceptors (Lipinski definition) is 5. The van der Waals surface area contributed by atoms with Gasteiger partial charge in [0.15, 0.2) is 5.82 Å². The minimum absolute atomic E-state index is 0.0456. The Hall–Kier alpha value is -1.15. The number of aryl methyl sites for hydroxylation is 2. The van der Waals surface area contributed by atoms with Crippen molar-refractivity contribution in [3.05, 3.63) is 39.5 Å². The van der Waals surface area contributed by atoms with Gasteiger partial charge in [-0.1, -0.05) is 28.4 Å². The molecule has 1 saturated heterocycles. The van der Waals surface area contributed by atoms with Gasteiger partial charge in [-0.05, 0) is 44.4 Å². The van der Waals surface area contributed by atoms with Crippen LogP contribution in [-0.2, 0) is 10.0 Å². The Morgan fingerprint density at radius 3 is 2.65 bits per heavy atom. The molecule has 23 heavy (non-hydrogen) atoms. The molecule has 0 amide bonds. The number of aromatic nitrogens is 2. The van der Waals surface area contributed by atoms with E-state index in [2.05, 4.69) is 10.1 Å². The van der Waals surface area contributed by atoms with Crippen LogP contribution < -0.4 is 0 Å². The van der Waals surface area contributed by atoms with Gasteiger partial charge in [-0.25, -0.2) is 8.42 Å². The molecule has 2 heterocycles. The molecule has 1 aromatic heterocycles. The summed E-state index contributed by atoms with van der Waals surface area (Å²) >= 11 is 12.1. The summed E-state index contributed by atoms with van der Waals surface area (Å²) in [6.45, 7) is 3.81. The van der Waals surface area contributed by atoms with E-state index in [0.717, 1.165) is 6.42 Å². The van der Waals surface area contributed by atoms with E-state index in [4.69, 9.17) is 27.7 Å². The van der Waals surface area contributed by atoms with Crippen LogP contribution in [0.15, 0.2) is 21.6 Å². The van der Waals surface area contributed by atoms with E-state index in [1.807, 2.05) is 0 Å². The van der Waals surface area contributed by atoms with E-state index in [-0.39, 0.29) is 9.92 Å². The third-order valence-electron chi connectivity index (χ3n) is 3.83. The maximum atomic E-state index is 13.0. The van der Waals surface area contributed by atoms with Gasteiger partial charge in [-0.2, -0.15) is 9.29 Å². The third kappa shape index (κ3) is 2.98. The van der Waals surface area contributed by atoms with Gasteiger partial charge in [0.2, 0.25) is 15.9 Å². The SMILES string of the molecule is Cc1noc(C2CCCN2S(=O)(=O)c2cc(C)c(Cl)cc2Cl)n1. The van der Waals surface area contributed by atoms with Crippen molar-refractivity contribution in [2.45, 2.75) is 37.6 Å². The molecule has 0 spiro atoms. The van der Waals surface area contributed by atoms with Gasteiger partial charge in [-0.3, -0.25) is 0 Å². The van der Waals surface area contributed by atoms with E-state index >= 15 is 0 Å². The van der Waals surface area contributed by atoms with Crippen LogP contribution in [0.2, 0.25) is 10.0 Å². The fraction of sp³-hybridized carbons (Fsp3) is 0.429. The van der Waals surface area contributed by atoms with Gasteiger partial charge in [-0.15, -0.1) is 0 Å². The Morgan fingerprint density at radius 1 is 1.26 bits per heavy atom. The first kappa shape index (κ1) is 16.7. The van der Waals surface area contributed by atoms with E-state index in [0.29, 0.717) is 35.3 Å². The molecule has 0 bridgehead atoms. The Labute approximate surface area is 144 Å². The highest BCUT2D eigenvalue weighted by molar-refractivity contribution is 7.89. The normalized spacial score (nSPS) is 19.4. The van der Waals surface area contributed by atoms with Gasteiger partial charge in [0.05, 0.1) is 5.02 Å². The first-order valence-corrected chi connectivity index (χ1v) is 9.28. The number of halogens is 2. The molecule has 1 aliphatic heterocycles. The van der Waals surface area contributed by atoms with Crippen LogP contribution >= 0.6 is 23.2 Å². The topological polar surface area (TPSA) is 76.3 Å². The lowest BCUT2D eigenvalue weighted by Crippen LogP contribution is -2.31. The molecule has 1 atom stereocenters. The first-order chi connectivity index (χ1) is 10.8. The van der Waals surface area contributed by atoms with Crippen molar-refractivity contribution in [3.63, 3.8) is 0 Å². The number of nitrogens with zero attached hydrogens (tertiary/aromatic N) is 3. The average Bonchev–Trinajstić information content (AvgIpc) is 3.11. The average molecular weight is 376 g/mol. The molecule has 2 aromatic rings. The van der Waals surface area contributed by atoms with Crippen LogP contribution in [0.4, 0.5) is 0 Å². The molecular formula is C14H15Cl2N3O3S. The van der Waals surface area contributed by atoms with Crippen molar-refractivity contribution >= 4 is 33.2 Å². The second-order valence-corrected chi connectivity index (χ2v) is 8.16. The summed E-state index contributed by atoms with van der Waals surface area (Å²) in [5.74, 6) is 0.787. The fourth-order valence-corrected chi connectivity index (χ4v) is 5.14. The van der Waals surface area contributed by atoms with Gasteiger partial charge in [0.25, 0.3) is 0 Å². The number of benzene rings is 1. The summed E-state index contributed by atoms with van der Waals surface area (Å²) in [6.07, 6.45) is 1.35. The van der Waals surface area contributed by atoms with Gasteiger partial charge < -0.3 is 4.52 Å². The lowest BCUT2D eigenvalue weighted by molar-refractivity contribution is 0.289. The van der Waals surface area contributed by atoms with Crippen LogP contribution in [0, 0.1) is 13.8 Å². The van der Waals surface area contributed by atoms with Gasteiger partial charge >= 0.3 is 0 Å². The molecule has 3 rings (SSSR count). The maximum Gasteiger partial charge on any atom is 0.245 e. The number of hydrogen-bond donors (Lipinski definition) is 0. The summed E-state index contributed by atoms with van der Waals surface area (Å²) in [5, 5.41) is 4.28. The van der Waals surface area contributed by atoms with E-state index < -0.39 is 16.1 Å². The monoisotopic (exact) mass is 375 g/mol. The molecule has 1 unspecified atom stereocenters. The predicted octanol–water partition coefficient (Wildman–Crippen LogP) is 3.52. The van der Waals surface area contributed by atoms with Gasteiger partial charge in [0.1, 0.15) is 10.9 Å². The van der Waals surface area contributed by atoms with Crippen LogP contribution in [0.5, 0.6) is 0 Å². The van der Waals surface area contributed by atoms with Crippen LogP contribution in [0.1, 0.15) is 36.2 Å². The molecule has 6 nitrogen and oxygen atoms in total. The largest absolute Gasteiger partial charge is 0.338 e. The van der Waals surface area contributed by atoms with Crippen molar-refractivity contribution in [3.8, 4) is 0 Å². The van der Waals surface area contributed by atoms with Crippen LogP contribution in [-0.4, -0.2) is 29.4 Å². The molecule has 0 radical (unpaired) electrons. The molecular weight excluding hydrogens is 361 g/mol. The highest BCUT2D eigenvalue weighted by Crippen LogP contribution is 2.38. The Balaban J connectivity index is 2.03. The first-order valence-electron chi connectivity index (χ1n) is 7.08. The Kier molecular flexibility index (Phi) is 4.39. The fourth-order valence-electron chi connectivity index (χ4n) is 2.68. The second-order valence-electron chi connectivity index (χ2n) is 5.49. The van der Waals surface area contributed by atoms with Crippen molar-refractivity contribution in [2.75, 3.05) is 6.54 Å². The molecule has 9 heteroatoms. The molecule has 1 aliphatic rings. The lowest BCUT2D eigenvalue weighted by atomic mass is 10.2. The van der Waals surface area contributed by atoms with E-state index in [1.54, 1.807) is 13.8 Å².